The van der Waals surface area contributed by atoms with E-state index in [4.69, 9.17) is 9.15 Å². The Morgan fingerprint density at radius 2 is 2.38 bits per heavy atom. The van der Waals surface area contributed by atoms with E-state index in [-0.39, 0.29) is 0 Å². The van der Waals surface area contributed by atoms with Crippen LogP contribution in [0.3, 0.4) is 0 Å². The van der Waals surface area contributed by atoms with E-state index < -0.39 is 0 Å². The number of hydrogen-bond acceptors (Lipinski definition) is 3. The molecule has 1 aromatic rings. The monoisotopic (exact) mass is 223 g/mol. The quantitative estimate of drug-likeness (QED) is 0.805. The van der Waals surface area contributed by atoms with E-state index in [1.165, 1.54) is 24.8 Å². The third-order valence-corrected chi connectivity index (χ3v) is 3.46. The van der Waals surface area contributed by atoms with Gasteiger partial charge in [-0.25, -0.2) is 0 Å². The minimum atomic E-state index is 0.423. The van der Waals surface area contributed by atoms with E-state index in [0.717, 1.165) is 12.5 Å². The standard InChI is InChI=1S/C13H21NO2/c1-3-16-12-6-10(7-12)8-13(14-2)11-4-5-15-9-11/h4-5,9-10,12-14H,3,6-8H2,1-2H3. The van der Waals surface area contributed by atoms with Crippen molar-refractivity contribution in [1.29, 1.82) is 0 Å². The van der Waals surface area contributed by atoms with E-state index in [2.05, 4.69) is 12.2 Å². The van der Waals surface area contributed by atoms with Crippen molar-refractivity contribution in [2.45, 2.75) is 38.3 Å². The van der Waals surface area contributed by atoms with Gasteiger partial charge in [-0.3, -0.25) is 0 Å². The first kappa shape index (κ1) is 11.7. The first-order valence-corrected chi connectivity index (χ1v) is 6.14. The molecule has 0 saturated heterocycles. The molecule has 16 heavy (non-hydrogen) atoms. The average Bonchev–Trinajstić information content (AvgIpc) is 2.74. The zero-order valence-corrected chi connectivity index (χ0v) is 10.1. The molecule has 0 amide bonds. The van der Waals surface area contributed by atoms with Gasteiger partial charge >= 0.3 is 0 Å². The van der Waals surface area contributed by atoms with Crippen LogP contribution in [-0.4, -0.2) is 19.8 Å². The zero-order chi connectivity index (χ0) is 11.4. The minimum Gasteiger partial charge on any atom is -0.472 e. The topological polar surface area (TPSA) is 34.4 Å². The maximum atomic E-state index is 5.58. The van der Waals surface area contributed by atoms with Crippen LogP contribution in [0, 0.1) is 5.92 Å². The van der Waals surface area contributed by atoms with Gasteiger partial charge in [-0.05, 0) is 45.2 Å². The van der Waals surface area contributed by atoms with Crippen molar-refractivity contribution in [3.63, 3.8) is 0 Å². The van der Waals surface area contributed by atoms with Crippen molar-refractivity contribution in [2.24, 2.45) is 5.92 Å². The SMILES string of the molecule is CCOC1CC(CC(NC)c2ccoc2)C1. The maximum absolute atomic E-state index is 5.58. The van der Waals surface area contributed by atoms with Crippen molar-refractivity contribution in [2.75, 3.05) is 13.7 Å². The van der Waals surface area contributed by atoms with Crippen molar-refractivity contribution < 1.29 is 9.15 Å². The van der Waals surface area contributed by atoms with Crippen LogP contribution in [0.4, 0.5) is 0 Å². The van der Waals surface area contributed by atoms with Crippen LogP contribution >= 0.6 is 0 Å². The second-order valence-corrected chi connectivity index (χ2v) is 4.55. The number of rotatable bonds is 6. The molecule has 2 rings (SSSR count). The average molecular weight is 223 g/mol. The van der Waals surface area contributed by atoms with E-state index in [0.29, 0.717) is 12.1 Å². The van der Waals surface area contributed by atoms with Gasteiger partial charge in [0.2, 0.25) is 0 Å². The lowest BCUT2D eigenvalue weighted by molar-refractivity contribution is -0.0289. The second kappa shape index (κ2) is 5.51. The molecular weight excluding hydrogens is 202 g/mol. The van der Waals surface area contributed by atoms with Crippen LogP contribution in [0.15, 0.2) is 23.0 Å². The lowest BCUT2D eigenvalue weighted by atomic mass is 9.77. The van der Waals surface area contributed by atoms with Gasteiger partial charge in [0.25, 0.3) is 0 Å². The number of hydrogen-bond donors (Lipinski definition) is 1. The summed E-state index contributed by atoms with van der Waals surface area (Å²) in [6, 6.07) is 2.46. The normalized spacial score (nSPS) is 26.4. The van der Waals surface area contributed by atoms with Gasteiger partial charge in [-0.2, -0.15) is 0 Å². The molecule has 1 aliphatic rings. The summed E-state index contributed by atoms with van der Waals surface area (Å²) in [7, 11) is 2.01. The van der Waals surface area contributed by atoms with Crippen molar-refractivity contribution >= 4 is 0 Å². The second-order valence-electron chi connectivity index (χ2n) is 4.55. The summed E-state index contributed by atoms with van der Waals surface area (Å²) >= 11 is 0. The van der Waals surface area contributed by atoms with E-state index >= 15 is 0 Å². The fraction of sp³-hybridized carbons (Fsp3) is 0.692. The zero-order valence-electron chi connectivity index (χ0n) is 10.1. The molecule has 1 saturated carbocycles. The summed E-state index contributed by atoms with van der Waals surface area (Å²) in [5.74, 6) is 0.795. The molecule has 0 radical (unpaired) electrons. The number of furan rings is 1. The highest BCUT2D eigenvalue weighted by atomic mass is 16.5. The molecule has 0 aromatic carbocycles. The van der Waals surface area contributed by atoms with Crippen LogP contribution in [0.5, 0.6) is 0 Å². The minimum absolute atomic E-state index is 0.423. The molecule has 1 heterocycles. The Morgan fingerprint density at radius 3 is 2.94 bits per heavy atom. The molecule has 1 unspecified atom stereocenters. The van der Waals surface area contributed by atoms with E-state index in [1.807, 2.05) is 19.4 Å². The predicted octanol–water partition coefficient (Wildman–Crippen LogP) is 2.75. The highest BCUT2D eigenvalue weighted by molar-refractivity contribution is 5.11. The third-order valence-electron chi connectivity index (χ3n) is 3.46. The molecular formula is C13H21NO2. The molecule has 1 fully saturated rings. The number of nitrogens with one attached hydrogen (secondary N) is 1. The maximum Gasteiger partial charge on any atom is 0.0950 e. The van der Waals surface area contributed by atoms with Crippen LogP contribution in [0.2, 0.25) is 0 Å². The highest BCUT2D eigenvalue weighted by Crippen LogP contribution is 2.36. The van der Waals surface area contributed by atoms with Gasteiger partial charge in [0.15, 0.2) is 0 Å². The van der Waals surface area contributed by atoms with Crippen molar-refractivity contribution in [3.05, 3.63) is 24.2 Å². The lowest BCUT2D eigenvalue weighted by Crippen LogP contribution is -2.34. The Kier molecular flexibility index (Phi) is 4.02. The van der Waals surface area contributed by atoms with E-state index in [9.17, 15) is 0 Å². The summed E-state index contributed by atoms with van der Waals surface area (Å²) in [6.45, 7) is 2.91. The summed E-state index contributed by atoms with van der Waals surface area (Å²) in [6.07, 6.45) is 7.69. The number of ether oxygens (including phenoxy) is 1. The molecule has 1 N–H and O–H groups in total. The molecule has 1 atom stereocenters. The first-order valence-electron chi connectivity index (χ1n) is 6.14. The fourth-order valence-electron chi connectivity index (χ4n) is 2.47. The molecule has 0 spiro atoms. The van der Waals surface area contributed by atoms with Gasteiger partial charge in [0.1, 0.15) is 0 Å². The molecule has 1 aliphatic carbocycles. The Hall–Kier alpha value is -0.800. The molecule has 0 bridgehead atoms. The van der Waals surface area contributed by atoms with Gasteiger partial charge in [0.05, 0.1) is 18.6 Å². The first-order chi connectivity index (χ1) is 7.83. The Balaban J connectivity index is 1.77. The molecule has 0 aliphatic heterocycles. The smallest absolute Gasteiger partial charge is 0.0950 e. The van der Waals surface area contributed by atoms with E-state index in [1.54, 1.807) is 6.26 Å². The Bertz CT molecular complexity index is 291. The predicted molar refractivity (Wildman–Crippen MR) is 63.3 cm³/mol. The van der Waals surface area contributed by atoms with Gasteiger partial charge in [0, 0.05) is 18.2 Å². The van der Waals surface area contributed by atoms with Crippen LogP contribution in [0.25, 0.3) is 0 Å². The molecule has 90 valence electrons. The summed E-state index contributed by atoms with van der Waals surface area (Å²) in [5.41, 5.74) is 1.25. The van der Waals surface area contributed by atoms with Crippen molar-refractivity contribution in [3.8, 4) is 0 Å². The largest absolute Gasteiger partial charge is 0.472 e. The summed E-state index contributed by atoms with van der Waals surface area (Å²) < 4.78 is 10.7. The highest BCUT2D eigenvalue weighted by Gasteiger charge is 2.31. The van der Waals surface area contributed by atoms with Gasteiger partial charge in [-0.15, -0.1) is 0 Å². The van der Waals surface area contributed by atoms with Crippen LogP contribution in [-0.2, 0) is 4.74 Å². The summed E-state index contributed by atoms with van der Waals surface area (Å²) in [5, 5.41) is 3.35. The van der Waals surface area contributed by atoms with Gasteiger partial charge < -0.3 is 14.5 Å². The summed E-state index contributed by atoms with van der Waals surface area (Å²) in [4.78, 5) is 0. The third kappa shape index (κ3) is 2.66. The Labute approximate surface area is 97.2 Å². The fourth-order valence-corrected chi connectivity index (χ4v) is 2.47. The van der Waals surface area contributed by atoms with Crippen LogP contribution < -0.4 is 5.32 Å². The van der Waals surface area contributed by atoms with Crippen LogP contribution in [0.1, 0.15) is 37.8 Å². The van der Waals surface area contributed by atoms with Gasteiger partial charge in [-0.1, -0.05) is 0 Å². The lowest BCUT2D eigenvalue weighted by Gasteiger charge is -2.36. The molecule has 3 heteroatoms. The molecule has 3 nitrogen and oxygen atoms in total. The van der Waals surface area contributed by atoms with Crippen molar-refractivity contribution in [1.82, 2.24) is 5.32 Å². The Morgan fingerprint density at radius 1 is 1.56 bits per heavy atom. The molecule has 1 aromatic heterocycles.